The molecule has 0 aromatic carbocycles. The minimum atomic E-state index is 0. The first-order chi connectivity index (χ1) is 10.3. The van der Waals surface area contributed by atoms with Crippen molar-refractivity contribution in [3.63, 3.8) is 0 Å². The normalized spacial score (nSPS) is 21.5. The maximum Gasteiger partial charge on any atom is 0.188 e. The van der Waals surface area contributed by atoms with Crippen molar-refractivity contribution in [2.45, 2.75) is 62.8 Å². The third-order valence-corrected chi connectivity index (χ3v) is 5.03. The maximum atomic E-state index is 6.09. The molecule has 0 radical (unpaired) electrons. The van der Waals surface area contributed by atoms with Crippen LogP contribution in [0.2, 0.25) is 0 Å². The first-order valence-corrected chi connectivity index (χ1v) is 8.26. The number of hydrogen-bond donors (Lipinski definition) is 2. The van der Waals surface area contributed by atoms with E-state index in [1.807, 2.05) is 12.3 Å². The van der Waals surface area contributed by atoms with E-state index in [0.29, 0.717) is 12.0 Å². The summed E-state index contributed by atoms with van der Waals surface area (Å²) in [5, 5.41) is 3.40. The van der Waals surface area contributed by atoms with Crippen LogP contribution in [0.5, 0.6) is 0 Å². The van der Waals surface area contributed by atoms with Crippen molar-refractivity contribution in [2.24, 2.45) is 10.7 Å². The summed E-state index contributed by atoms with van der Waals surface area (Å²) in [6.07, 6.45) is 11.9. The molecule has 2 saturated carbocycles. The number of nitrogens with zero attached hydrogens (tertiary/aromatic N) is 2. The van der Waals surface area contributed by atoms with Crippen molar-refractivity contribution in [1.29, 1.82) is 0 Å². The number of hydrogen-bond acceptors (Lipinski definition) is 2. The second-order valence-corrected chi connectivity index (χ2v) is 6.53. The van der Waals surface area contributed by atoms with Gasteiger partial charge in [0.1, 0.15) is 0 Å². The third kappa shape index (κ3) is 4.12. The van der Waals surface area contributed by atoms with Crippen molar-refractivity contribution in [3.8, 4) is 0 Å². The molecule has 0 bridgehead atoms. The van der Waals surface area contributed by atoms with E-state index in [-0.39, 0.29) is 29.4 Å². The molecule has 122 valence electrons. The fourth-order valence-electron chi connectivity index (χ4n) is 3.51. The molecule has 1 aromatic heterocycles. The van der Waals surface area contributed by atoms with Crippen molar-refractivity contribution >= 4 is 29.9 Å². The highest BCUT2D eigenvalue weighted by Crippen LogP contribution is 2.42. The van der Waals surface area contributed by atoms with Crippen LogP contribution in [0.3, 0.4) is 0 Å². The molecule has 1 heterocycles. The Morgan fingerprint density at radius 2 is 2.00 bits per heavy atom. The van der Waals surface area contributed by atoms with E-state index >= 15 is 0 Å². The molecule has 3 rings (SSSR count). The van der Waals surface area contributed by atoms with Crippen LogP contribution in [0.4, 0.5) is 0 Å². The molecule has 0 unspecified atom stereocenters. The van der Waals surface area contributed by atoms with Gasteiger partial charge in [-0.05, 0) is 37.8 Å². The van der Waals surface area contributed by atoms with Gasteiger partial charge < -0.3 is 11.1 Å². The molecule has 1 aromatic rings. The van der Waals surface area contributed by atoms with Gasteiger partial charge in [-0.1, -0.05) is 31.7 Å². The monoisotopic (exact) mass is 414 g/mol. The van der Waals surface area contributed by atoms with Crippen molar-refractivity contribution in [3.05, 3.63) is 30.1 Å². The van der Waals surface area contributed by atoms with E-state index in [9.17, 15) is 0 Å². The highest BCUT2D eigenvalue weighted by Gasteiger charge is 2.39. The first kappa shape index (κ1) is 17.5. The maximum absolute atomic E-state index is 6.09. The minimum absolute atomic E-state index is 0. The minimum Gasteiger partial charge on any atom is -0.370 e. The molecule has 0 spiro atoms. The van der Waals surface area contributed by atoms with Gasteiger partial charge >= 0.3 is 0 Å². The van der Waals surface area contributed by atoms with Gasteiger partial charge in [-0.3, -0.25) is 9.98 Å². The zero-order chi connectivity index (χ0) is 14.5. The number of pyridine rings is 1. The lowest BCUT2D eigenvalue weighted by Crippen LogP contribution is -2.43. The fraction of sp³-hybridized carbons (Fsp3) is 0.647. The van der Waals surface area contributed by atoms with Crippen molar-refractivity contribution in [2.75, 3.05) is 6.54 Å². The van der Waals surface area contributed by atoms with Gasteiger partial charge in [0.05, 0.1) is 6.54 Å². The summed E-state index contributed by atoms with van der Waals surface area (Å²) < 4.78 is 0. The van der Waals surface area contributed by atoms with E-state index in [1.54, 1.807) is 0 Å². The van der Waals surface area contributed by atoms with Crippen LogP contribution in [0.25, 0.3) is 0 Å². The molecule has 2 fully saturated rings. The van der Waals surface area contributed by atoms with E-state index in [0.717, 1.165) is 6.54 Å². The molecule has 2 aliphatic carbocycles. The Bertz CT molecular complexity index is 479. The van der Waals surface area contributed by atoms with E-state index in [2.05, 4.69) is 27.4 Å². The summed E-state index contributed by atoms with van der Waals surface area (Å²) in [6.45, 7) is 0.759. The largest absolute Gasteiger partial charge is 0.370 e. The van der Waals surface area contributed by atoms with Crippen LogP contribution in [-0.2, 0) is 5.41 Å². The average Bonchev–Trinajstić information content (AvgIpc) is 2.48. The summed E-state index contributed by atoms with van der Waals surface area (Å²) in [5.41, 5.74) is 7.38. The summed E-state index contributed by atoms with van der Waals surface area (Å²) >= 11 is 0. The Balaban J connectivity index is 0.00000176. The lowest BCUT2D eigenvalue weighted by atomic mass is 9.66. The SMILES string of the molecule is I.NC(=NCC1(c2ccccn2)CCC1)NC1CCCCC1. The number of aromatic nitrogens is 1. The Kier molecular flexibility index (Phi) is 6.47. The van der Waals surface area contributed by atoms with Crippen LogP contribution in [-0.4, -0.2) is 23.5 Å². The second-order valence-electron chi connectivity index (χ2n) is 6.53. The number of aliphatic imine (C=N–C) groups is 1. The van der Waals surface area contributed by atoms with Crippen molar-refractivity contribution in [1.82, 2.24) is 10.3 Å². The molecule has 0 saturated heterocycles. The first-order valence-electron chi connectivity index (χ1n) is 8.26. The quantitative estimate of drug-likeness (QED) is 0.451. The smallest absolute Gasteiger partial charge is 0.188 e. The standard InChI is InChI=1S/C17H26N4.HI/c18-16(21-14-7-2-1-3-8-14)20-13-17(10-6-11-17)15-9-4-5-12-19-15;/h4-5,9,12,14H,1-3,6-8,10-11,13H2,(H3,18,20,21);1H. The average molecular weight is 414 g/mol. The Hall–Kier alpha value is -0.850. The third-order valence-electron chi connectivity index (χ3n) is 5.03. The number of rotatable bonds is 4. The van der Waals surface area contributed by atoms with Gasteiger partial charge in [-0.25, -0.2) is 0 Å². The van der Waals surface area contributed by atoms with Crippen molar-refractivity contribution < 1.29 is 0 Å². The van der Waals surface area contributed by atoms with Crippen LogP contribution >= 0.6 is 24.0 Å². The highest BCUT2D eigenvalue weighted by atomic mass is 127. The number of nitrogens with two attached hydrogens (primary N) is 1. The van der Waals surface area contributed by atoms with Gasteiger partial charge in [0.2, 0.25) is 0 Å². The van der Waals surface area contributed by atoms with Gasteiger partial charge in [-0.2, -0.15) is 0 Å². The second kappa shape index (κ2) is 8.13. The topological polar surface area (TPSA) is 63.3 Å². The van der Waals surface area contributed by atoms with Crippen LogP contribution in [0.15, 0.2) is 29.4 Å². The number of halogens is 1. The fourth-order valence-corrected chi connectivity index (χ4v) is 3.51. The Labute approximate surface area is 150 Å². The molecule has 0 amide bonds. The van der Waals surface area contributed by atoms with Crippen LogP contribution in [0.1, 0.15) is 57.1 Å². The molecular weight excluding hydrogens is 387 g/mol. The highest BCUT2D eigenvalue weighted by molar-refractivity contribution is 14.0. The van der Waals surface area contributed by atoms with Gasteiger partial charge in [0.15, 0.2) is 5.96 Å². The van der Waals surface area contributed by atoms with E-state index in [4.69, 9.17) is 5.73 Å². The van der Waals surface area contributed by atoms with Crippen LogP contribution in [0, 0.1) is 0 Å². The molecule has 3 N–H and O–H groups in total. The van der Waals surface area contributed by atoms with E-state index < -0.39 is 0 Å². The van der Waals surface area contributed by atoms with E-state index in [1.165, 1.54) is 57.1 Å². The van der Waals surface area contributed by atoms with Gasteiger partial charge in [-0.15, -0.1) is 24.0 Å². The number of nitrogens with one attached hydrogen (secondary N) is 1. The molecule has 4 nitrogen and oxygen atoms in total. The zero-order valence-corrected chi connectivity index (χ0v) is 15.5. The predicted octanol–water partition coefficient (Wildman–Crippen LogP) is 3.36. The zero-order valence-electron chi connectivity index (χ0n) is 13.1. The molecule has 0 aliphatic heterocycles. The summed E-state index contributed by atoms with van der Waals surface area (Å²) in [7, 11) is 0. The van der Waals surface area contributed by atoms with Gasteiger partial charge in [0, 0.05) is 23.3 Å². The summed E-state index contributed by atoms with van der Waals surface area (Å²) in [4.78, 5) is 9.17. The lowest BCUT2D eigenvalue weighted by molar-refractivity contribution is 0.246. The summed E-state index contributed by atoms with van der Waals surface area (Å²) in [5.74, 6) is 0.615. The summed E-state index contributed by atoms with van der Waals surface area (Å²) in [6, 6.07) is 6.68. The molecule has 5 heteroatoms. The predicted molar refractivity (Wildman–Crippen MR) is 102 cm³/mol. The Morgan fingerprint density at radius 1 is 1.23 bits per heavy atom. The molecule has 0 atom stereocenters. The molecular formula is C17H27IN4. The molecule has 2 aliphatic rings. The van der Waals surface area contributed by atoms with Gasteiger partial charge in [0.25, 0.3) is 0 Å². The lowest BCUT2D eigenvalue weighted by Gasteiger charge is -2.40. The molecule has 22 heavy (non-hydrogen) atoms. The van der Waals surface area contributed by atoms with Crippen LogP contribution < -0.4 is 11.1 Å². The number of guanidine groups is 1. The Morgan fingerprint density at radius 3 is 2.59 bits per heavy atom.